The second-order valence-electron chi connectivity index (χ2n) is 3.57. The summed E-state index contributed by atoms with van der Waals surface area (Å²) < 4.78 is 10.8. The molecule has 1 aromatic rings. The van der Waals surface area contributed by atoms with Gasteiger partial charge in [-0.05, 0) is 18.6 Å². The molecule has 0 bridgehead atoms. The van der Waals surface area contributed by atoms with Crippen molar-refractivity contribution in [2.75, 3.05) is 7.11 Å². The third-order valence-electron chi connectivity index (χ3n) is 2.74. The Kier molecular flexibility index (Phi) is 2.44. The molecule has 1 heterocycles. The van der Waals surface area contributed by atoms with Gasteiger partial charge in [-0.3, -0.25) is 0 Å². The Hall–Kier alpha value is -1.06. The van der Waals surface area contributed by atoms with Crippen LogP contribution < -0.4 is 10.5 Å². The van der Waals surface area contributed by atoms with Gasteiger partial charge in [-0.1, -0.05) is 12.1 Å². The highest BCUT2D eigenvalue weighted by atomic mass is 16.5. The van der Waals surface area contributed by atoms with Crippen LogP contribution in [0.5, 0.6) is 5.75 Å². The fourth-order valence-corrected chi connectivity index (χ4v) is 1.81. The molecular formula is C11H15NO2. The molecule has 0 radical (unpaired) electrons. The van der Waals surface area contributed by atoms with Gasteiger partial charge in [-0.15, -0.1) is 0 Å². The van der Waals surface area contributed by atoms with Crippen LogP contribution in [-0.4, -0.2) is 13.2 Å². The number of benzene rings is 1. The minimum absolute atomic E-state index is 0.0474. The lowest BCUT2D eigenvalue weighted by Gasteiger charge is -2.29. The van der Waals surface area contributed by atoms with Gasteiger partial charge < -0.3 is 15.2 Å². The first-order valence-electron chi connectivity index (χ1n) is 4.77. The normalized spacial score (nSPS) is 25.6. The van der Waals surface area contributed by atoms with Crippen molar-refractivity contribution >= 4 is 0 Å². The van der Waals surface area contributed by atoms with E-state index in [2.05, 4.69) is 0 Å². The number of rotatable bonds is 1. The maximum atomic E-state index is 6.03. The van der Waals surface area contributed by atoms with E-state index >= 15 is 0 Å². The van der Waals surface area contributed by atoms with E-state index in [0.29, 0.717) is 6.61 Å². The molecule has 0 fully saturated rings. The van der Waals surface area contributed by atoms with Gasteiger partial charge >= 0.3 is 0 Å². The van der Waals surface area contributed by atoms with Gasteiger partial charge in [-0.25, -0.2) is 0 Å². The molecule has 14 heavy (non-hydrogen) atoms. The van der Waals surface area contributed by atoms with E-state index < -0.39 is 0 Å². The summed E-state index contributed by atoms with van der Waals surface area (Å²) in [7, 11) is 1.67. The molecule has 3 nitrogen and oxygen atoms in total. The van der Waals surface area contributed by atoms with E-state index in [1.807, 2.05) is 25.1 Å². The summed E-state index contributed by atoms with van der Waals surface area (Å²) >= 11 is 0. The molecule has 0 aromatic heterocycles. The third-order valence-corrected chi connectivity index (χ3v) is 2.74. The van der Waals surface area contributed by atoms with Crippen molar-refractivity contribution in [3.63, 3.8) is 0 Å². The molecule has 2 atom stereocenters. The van der Waals surface area contributed by atoms with Crippen LogP contribution in [0.3, 0.4) is 0 Å². The van der Waals surface area contributed by atoms with Crippen molar-refractivity contribution in [2.24, 2.45) is 5.73 Å². The van der Waals surface area contributed by atoms with E-state index in [0.717, 1.165) is 16.9 Å². The van der Waals surface area contributed by atoms with E-state index in [-0.39, 0.29) is 12.1 Å². The van der Waals surface area contributed by atoms with Crippen molar-refractivity contribution in [1.82, 2.24) is 0 Å². The number of hydrogen-bond donors (Lipinski definition) is 1. The van der Waals surface area contributed by atoms with Crippen LogP contribution in [-0.2, 0) is 11.3 Å². The number of hydrogen-bond acceptors (Lipinski definition) is 3. The third kappa shape index (κ3) is 1.38. The zero-order chi connectivity index (χ0) is 10.1. The van der Waals surface area contributed by atoms with Crippen LogP contribution in [0.1, 0.15) is 24.1 Å². The molecule has 0 spiro atoms. The lowest BCUT2D eigenvalue weighted by Crippen LogP contribution is -2.31. The van der Waals surface area contributed by atoms with Crippen LogP contribution in [0.25, 0.3) is 0 Å². The smallest absolute Gasteiger partial charge is 0.124 e. The van der Waals surface area contributed by atoms with Crippen LogP contribution >= 0.6 is 0 Å². The fourth-order valence-electron chi connectivity index (χ4n) is 1.81. The SMILES string of the molecule is COc1cccc2c1CO[C@@H](C)C2N. The first-order chi connectivity index (χ1) is 6.74. The van der Waals surface area contributed by atoms with Gasteiger partial charge in [0.2, 0.25) is 0 Å². The molecule has 0 saturated carbocycles. The van der Waals surface area contributed by atoms with Crippen molar-refractivity contribution in [2.45, 2.75) is 25.7 Å². The Bertz CT molecular complexity index is 338. The second kappa shape index (κ2) is 3.59. The van der Waals surface area contributed by atoms with Crippen molar-refractivity contribution in [3.8, 4) is 5.75 Å². The van der Waals surface area contributed by atoms with Crippen molar-refractivity contribution in [3.05, 3.63) is 29.3 Å². The summed E-state index contributed by atoms with van der Waals surface area (Å²) in [6.07, 6.45) is 0.0783. The molecule has 0 amide bonds. The molecule has 2 rings (SSSR count). The summed E-state index contributed by atoms with van der Waals surface area (Å²) in [5, 5.41) is 0. The zero-order valence-corrected chi connectivity index (χ0v) is 8.49. The largest absolute Gasteiger partial charge is 0.496 e. The molecule has 0 aliphatic carbocycles. The number of ether oxygens (including phenoxy) is 2. The Labute approximate surface area is 83.8 Å². The van der Waals surface area contributed by atoms with Crippen molar-refractivity contribution < 1.29 is 9.47 Å². The van der Waals surface area contributed by atoms with Gasteiger partial charge in [0.25, 0.3) is 0 Å². The minimum Gasteiger partial charge on any atom is -0.496 e. The first-order valence-corrected chi connectivity index (χ1v) is 4.77. The second-order valence-corrected chi connectivity index (χ2v) is 3.57. The van der Waals surface area contributed by atoms with E-state index in [1.54, 1.807) is 7.11 Å². The van der Waals surface area contributed by atoms with Gasteiger partial charge in [0.1, 0.15) is 5.75 Å². The average Bonchev–Trinajstić information content (AvgIpc) is 2.23. The molecule has 3 heteroatoms. The van der Waals surface area contributed by atoms with Gasteiger partial charge in [0.05, 0.1) is 25.9 Å². The Morgan fingerprint density at radius 3 is 3.00 bits per heavy atom. The van der Waals surface area contributed by atoms with E-state index in [1.165, 1.54) is 0 Å². The molecular weight excluding hydrogens is 178 g/mol. The Balaban J connectivity index is 2.47. The predicted octanol–water partition coefficient (Wildman–Crippen LogP) is 1.61. The highest BCUT2D eigenvalue weighted by molar-refractivity contribution is 5.42. The maximum Gasteiger partial charge on any atom is 0.124 e. The van der Waals surface area contributed by atoms with E-state index in [4.69, 9.17) is 15.2 Å². The molecule has 1 aliphatic rings. The Morgan fingerprint density at radius 2 is 2.29 bits per heavy atom. The lowest BCUT2D eigenvalue weighted by atomic mass is 9.95. The predicted molar refractivity (Wildman–Crippen MR) is 54.2 cm³/mol. The monoisotopic (exact) mass is 193 g/mol. The van der Waals surface area contributed by atoms with Crippen LogP contribution in [0.2, 0.25) is 0 Å². The molecule has 0 saturated heterocycles. The summed E-state index contributed by atoms with van der Waals surface area (Å²) in [6.45, 7) is 2.58. The van der Waals surface area contributed by atoms with Gasteiger partial charge in [0, 0.05) is 5.56 Å². The summed E-state index contributed by atoms with van der Waals surface area (Å²) in [5.74, 6) is 0.866. The molecule has 1 aromatic carbocycles. The van der Waals surface area contributed by atoms with Crippen LogP contribution in [0.15, 0.2) is 18.2 Å². The fraction of sp³-hybridized carbons (Fsp3) is 0.455. The van der Waals surface area contributed by atoms with Crippen LogP contribution in [0.4, 0.5) is 0 Å². The highest BCUT2D eigenvalue weighted by Crippen LogP contribution is 2.33. The van der Waals surface area contributed by atoms with Gasteiger partial charge in [-0.2, -0.15) is 0 Å². The quantitative estimate of drug-likeness (QED) is 0.737. The molecule has 76 valence electrons. The summed E-state index contributed by atoms with van der Waals surface area (Å²) in [5.41, 5.74) is 8.26. The molecule has 1 aliphatic heterocycles. The van der Waals surface area contributed by atoms with Crippen molar-refractivity contribution in [1.29, 1.82) is 0 Å². The standard InChI is InChI=1S/C11H15NO2/c1-7-11(12)8-4-3-5-10(13-2)9(8)6-14-7/h3-5,7,11H,6,12H2,1-2H3/t7-,11?/m0/s1. The average molecular weight is 193 g/mol. The van der Waals surface area contributed by atoms with E-state index in [9.17, 15) is 0 Å². The number of methoxy groups -OCH3 is 1. The van der Waals surface area contributed by atoms with Gasteiger partial charge in [0.15, 0.2) is 0 Å². The Morgan fingerprint density at radius 1 is 1.50 bits per heavy atom. The first kappa shape index (κ1) is 9.49. The van der Waals surface area contributed by atoms with Crippen LogP contribution in [0, 0.1) is 0 Å². The maximum absolute atomic E-state index is 6.03. The highest BCUT2D eigenvalue weighted by Gasteiger charge is 2.25. The molecule has 1 unspecified atom stereocenters. The topological polar surface area (TPSA) is 44.5 Å². The summed E-state index contributed by atoms with van der Waals surface area (Å²) in [4.78, 5) is 0. The lowest BCUT2D eigenvalue weighted by molar-refractivity contribution is 0.0201. The number of fused-ring (bicyclic) bond motifs is 1. The summed E-state index contributed by atoms with van der Waals surface area (Å²) in [6, 6.07) is 5.90. The molecule has 2 N–H and O–H groups in total. The zero-order valence-electron chi connectivity index (χ0n) is 8.49. The minimum atomic E-state index is -0.0474. The number of nitrogens with two attached hydrogens (primary N) is 1.